The summed E-state index contributed by atoms with van der Waals surface area (Å²) in [4.78, 5) is 15.7. The van der Waals surface area contributed by atoms with Gasteiger partial charge in [-0.2, -0.15) is 5.21 Å². The molecule has 1 atom stereocenters. The number of H-pyrrole nitrogens is 1. The number of aryl methyl sites for hydroxylation is 1. The summed E-state index contributed by atoms with van der Waals surface area (Å²) in [6, 6.07) is 9.32. The Hall–Kier alpha value is -2.24. The van der Waals surface area contributed by atoms with Crippen molar-refractivity contribution in [2.24, 2.45) is 5.41 Å². The summed E-state index contributed by atoms with van der Waals surface area (Å²) < 4.78 is 0. The highest BCUT2D eigenvalue weighted by molar-refractivity contribution is 5.85. The van der Waals surface area contributed by atoms with Crippen LogP contribution in [0, 0.1) is 5.41 Å². The molecule has 0 saturated heterocycles. The topological polar surface area (TPSA) is 74.8 Å². The third-order valence-corrected chi connectivity index (χ3v) is 6.25. The summed E-state index contributed by atoms with van der Waals surface area (Å²) in [6.45, 7) is 2.11. The lowest BCUT2D eigenvalue weighted by atomic mass is 9.62. The second-order valence-electron chi connectivity index (χ2n) is 8.13. The third kappa shape index (κ3) is 2.38. The van der Waals surface area contributed by atoms with E-state index in [1.54, 1.807) is 0 Å². The number of tetrazole rings is 1. The molecule has 0 aliphatic heterocycles. The molecule has 6 heteroatoms. The van der Waals surface area contributed by atoms with Gasteiger partial charge in [0.05, 0.1) is 6.04 Å². The Morgan fingerprint density at radius 2 is 2.04 bits per heavy atom. The highest BCUT2D eigenvalue weighted by atomic mass is 16.2. The maximum absolute atomic E-state index is 13.5. The van der Waals surface area contributed by atoms with Crippen LogP contribution in [0.15, 0.2) is 24.3 Å². The minimum Gasteiger partial charge on any atom is -0.332 e. The largest absolute Gasteiger partial charge is 0.332 e. The van der Waals surface area contributed by atoms with Crippen molar-refractivity contribution in [1.29, 1.82) is 0 Å². The molecule has 3 aliphatic rings. The Morgan fingerprint density at radius 1 is 1.24 bits per heavy atom. The second kappa shape index (κ2) is 5.38. The van der Waals surface area contributed by atoms with Crippen molar-refractivity contribution in [3.63, 3.8) is 0 Å². The van der Waals surface area contributed by atoms with Gasteiger partial charge in [0.15, 0.2) is 5.82 Å². The van der Waals surface area contributed by atoms with Crippen molar-refractivity contribution in [2.45, 2.75) is 63.5 Å². The van der Waals surface area contributed by atoms with Gasteiger partial charge in [-0.3, -0.25) is 4.79 Å². The van der Waals surface area contributed by atoms with E-state index < -0.39 is 0 Å². The number of nitrogens with one attached hydrogen (secondary N) is 1. The number of fused-ring (bicyclic) bond motifs is 1. The van der Waals surface area contributed by atoms with E-state index in [1.165, 1.54) is 11.1 Å². The number of carbonyl (C=O) groups is 1. The van der Waals surface area contributed by atoms with Crippen molar-refractivity contribution in [3.8, 4) is 0 Å². The summed E-state index contributed by atoms with van der Waals surface area (Å²) in [7, 11) is 0. The van der Waals surface area contributed by atoms with Crippen LogP contribution in [0.25, 0.3) is 0 Å². The fraction of sp³-hybridized carbons (Fsp3) is 0.579. The molecule has 1 N–H and O–H groups in total. The van der Waals surface area contributed by atoms with E-state index in [1.807, 2.05) is 0 Å². The van der Waals surface area contributed by atoms with Crippen LogP contribution in [0.4, 0.5) is 0 Å². The van der Waals surface area contributed by atoms with Crippen molar-refractivity contribution in [3.05, 3.63) is 41.2 Å². The van der Waals surface area contributed by atoms with E-state index in [4.69, 9.17) is 0 Å². The average Bonchev–Trinajstić information content (AvgIpc) is 3.11. The zero-order valence-corrected chi connectivity index (χ0v) is 14.5. The molecule has 25 heavy (non-hydrogen) atoms. The SMILES string of the molecule is CC1(C(=O)N(C2CC2)C2CCc3ccccc32)CC(c2nn[nH]n2)C1. The summed E-state index contributed by atoms with van der Waals surface area (Å²) in [5.41, 5.74) is 2.49. The lowest BCUT2D eigenvalue weighted by Gasteiger charge is -2.46. The number of carbonyl (C=O) groups excluding carboxylic acids is 1. The van der Waals surface area contributed by atoms with Gasteiger partial charge in [-0.25, -0.2) is 0 Å². The number of aromatic amines is 1. The first-order valence-electron chi connectivity index (χ1n) is 9.30. The molecule has 2 fully saturated rings. The Morgan fingerprint density at radius 3 is 2.76 bits per heavy atom. The number of hydrogen-bond donors (Lipinski definition) is 1. The van der Waals surface area contributed by atoms with Gasteiger partial charge in [0.2, 0.25) is 5.91 Å². The molecule has 1 heterocycles. The molecule has 0 bridgehead atoms. The minimum absolute atomic E-state index is 0.254. The highest BCUT2D eigenvalue weighted by Gasteiger charge is 2.53. The molecule has 3 aliphatic carbocycles. The number of amides is 1. The van der Waals surface area contributed by atoms with Gasteiger partial charge in [0, 0.05) is 17.4 Å². The predicted molar refractivity (Wildman–Crippen MR) is 91.6 cm³/mol. The third-order valence-electron chi connectivity index (χ3n) is 6.25. The van der Waals surface area contributed by atoms with Gasteiger partial charge in [-0.15, -0.1) is 10.2 Å². The summed E-state index contributed by atoms with van der Waals surface area (Å²) >= 11 is 0. The van der Waals surface area contributed by atoms with Crippen molar-refractivity contribution < 1.29 is 4.79 Å². The zero-order valence-electron chi connectivity index (χ0n) is 14.5. The summed E-state index contributed by atoms with van der Waals surface area (Å²) in [5.74, 6) is 1.33. The quantitative estimate of drug-likeness (QED) is 0.931. The van der Waals surface area contributed by atoms with E-state index in [-0.39, 0.29) is 17.4 Å². The molecular weight excluding hydrogens is 314 g/mol. The molecule has 0 radical (unpaired) electrons. The van der Waals surface area contributed by atoms with Crippen LogP contribution in [0.1, 0.15) is 67.9 Å². The van der Waals surface area contributed by atoms with E-state index in [9.17, 15) is 4.79 Å². The maximum Gasteiger partial charge on any atom is 0.229 e. The molecule has 1 aromatic heterocycles. The number of aromatic nitrogens is 4. The second-order valence-corrected chi connectivity index (χ2v) is 8.13. The molecular formula is C19H23N5O. The first-order chi connectivity index (χ1) is 12.2. The summed E-state index contributed by atoms with van der Waals surface area (Å²) in [5, 5.41) is 14.3. The van der Waals surface area contributed by atoms with E-state index in [0.717, 1.165) is 44.3 Å². The first kappa shape index (κ1) is 15.0. The van der Waals surface area contributed by atoms with Gasteiger partial charge >= 0.3 is 0 Å². The molecule has 0 spiro atoms. The standard InChI is InChI=1S/C19H23N5O/c1-19(10-13(11-19)17-20-22-23-21-17)18(25)24(14-7-8-14)16-9-6-12-4-2-3-5-15(12)16/h2-5,13-14,16H,6-11H2,1H3,(H,20,21,22,23). The summed E-state index contributed by atoms with van der Waals surface area (Å²) in [6.07, 6.45) is 6.08. The Balaban J connectivity index is 1.38. The van der Waals surface area contributed by atoms with Crippen LogP contribution in [0.3, 0.4) is 0 Å². The van der Waals surface area contributed by atoms with Crippen LogP contribution in [-0.2, 0) is 11.2 Å². The number of nitrogens with zero attached hydrogens (tertiary/aromatic N) is 4. The van der Waals surface area contributed by atoms with E-state index in [0.29, 0.717) is 11.9 Å². The van der Waals surface area contributed by atoms with Gasteiger partial charge in [-0.05, 0) is 49.7 Å². The molecule has 1 unspecified atom stereocenters. The zero-order chi connectivity index (χ0) is 17.0. The van der Waals surface area contributed by atoms with Crippen LogP contribution in [-0.4, -0.2) is 37.5 Å². The first-order valence-corrected chi connectivity index (χ1v) is 9.30. The fourth-order valence-electron chi connectivity index (χ4n) is 4.78. The van der Waals surface area contributed by atoms with Crippen molar-refractivity contribution in [1.82, 2.24) is 25.5 Å². The van der Waals surface area contributed by atoms with Gasteiger partial charge in [0.25, 0.3) is 0 Å². The molecule has 2 aromatic rings. The molecule has 1 amide bonds. The lowest BCUT2D eigenvalue weighted by Crippen LogP contribution is -2.50. The molecule has 6 nitrogen and oxygen atoms in total. The average molecular weight is 337 g/mol. The molecule has 5 rings (SSSR count). The highest BCUT2D eigenvalue weighted by Crippen LogP contribution is 2.53. The number of benzene rings is 1. The lowest BCUT2D eigenvalue weighted by molar-refractivity contribution is -0.150. The van der Waals surface area contributed by atoms with Crippen LogP contribution >= 0.6 is 0 Å². The van der Waals surface area contributed by atoms with Crippen LogP contribution < -0.4 is 0 Å². The Bertz CT molecular complexity index is 792. The fourth-order valence-corrected chi connectivity index (χ4v) is 4.78. The minimum atomic E-state index is -0.286. The van der Waals surface area contributed by atoms with E-state index in [2.05, 4.69) is 56.7 Å². The maximum atomic E-state index is 13.5. The van der Waals surface area contributed by atoms with Crippen LogP contribution in [0.2, 0.25) is 0 Å². The molecule has 130 valence electrons. The molecule has 1 aromatic carbocycles. The normalized spacial score (nSPS) is 30.6. The predicted octanol–water partition coefficient (Wildman–Crippen LogP) is 2.76. The smallest absolute Gasteiger partial charge is 0.229 e. The van der Waals surface area contributed by atoms with E-state index >= 15 is 0 Å². The number of rotatable bonds is 4. The van der Waals surface area contributed by atoms with Crippen LogP contribution in [0.5, 0.6) is 0 Å². The van der Waals surface area contributed by atoms with Gasteiger partial charge in [0.1, 0.15) is 0 Å². The van der Waals surface area contributed by atoms with Gasteiger partial charge in [-0.1, -0.05) is 36.4 Å². The number of hydrogen-bond acceptors (Lipinski definition) is 4. The molecule has 2 saturated carbocycles. The van der Waals surface area contributed by atoms with Crippen molar-refractivity contribution in [2.75, 3.05) is 0 Å². The van der Waals surface area contributed by atoms with Gasteiger partial charge < -0.3 is 4.90 Å². The van der Waals surface area contributed by atoms with Crippen molar-refractivity contribution >= 4 is 5.91 Å². The Kier molecular flexibility index (Phi) is 3.24. The monoisotopic (exact) mass is 337 g/mol. The Labute approximate surface area is 147 Å².